The van der Waals surface area contributed by atoms with Crippen LogP contribution in [0.3, 0.4) is 0 Å². The van der Waals surface area contributed by atoms with Crippen LogP contribution in [-0.2, 0) is 4.74 Å². The summed E-state index contributed by atoms with van der Waals surface area (Å²) < 4.78 is 5.76. The van der Waals surface area contributed by atoms with E-state index in [9.17, 15) is 0 Å². The van der Waals surface area contributed by atoms with E-state index in [2.05, 4.69) is 40.3 Å². The second-order valence-electron chi connectivity index (χ2n) is 5.16. The lowest BCUT2D eigenvalue weighted by Crippen LogP contribution is -2.50. The summed E-state index contributed by atoms with van der Waals surface area (Å²) in [4.78, 5) is 6.56. The minimum absolute atomic E-state index is 0. The summed E-state index contributed by atoms with van der Waals surface area (Å²) in [6.45, 7) is 9.64. The lowest BCUT2D eigenvalue weighted by molar-refractivity contribution is -0.0284. The number of rotatable bonds is 5. The molecule has 0 aromatic carbocycles. The minimum Gasteiger partial charge on any atom is -0.374 e. The van der Waals surface area contributed by atoms with Crippen molar-refractivity contribution in [3.05, 3.63) is 0 Å². The van der Waals surface area contributed by atoms with Crippen LogP contribution in [-0.4, -0.2) is 63.3 Å². The average molecular weight is 394 g/mol. The van der Waals surface area contributed by atoms with Crippen LogP contribution in [0.4, 0.5) is 0 Å². The summed E-state index contributed by atoms with van der Waals surface area (Å²) in [5.41, 5.74) is 0. The van der Waals surface area contributed by atoms with Gasteiger partial charge in [0.25, 0.3) is 0 Å². The number of aliphatic imine (C=N–C) groups is 1. The third kappa shape index (κ3) is 7.92. The van der Waals surface area contributed by atoms with E-state index in [0.717, 1.165) is 38.7 Å². The molecule has 0 aromatic heterocycles. The number of hydrogen-bond donors (Lipinski definition) is 2. The minimum atomic E-state index is 0. The summed E-state index contributed by atoms with van der Waals surface area (Å²) in [6, 6.07) is 0. The van der Waals surface area contributed by atoms with Gasteiger partial charge in [0.1, 0.15) is 0 Å². The third-order valence-corrected chi connectivity index (χ3v) is 2.92. The topological polar surface area (TPSA) is 48.9 Å². The fourth-order valence-corrected chi connectivity index (χ4v) is 2.15. The monoisotopic (exact) mass is 394 g/mol. The summed E-state index contributed by atoms with van der Waals surface area (Å²) in [7, 11) is 1.73. The van der Waals surface area contributed by atoms with E-state index in [1.807, 2.05) is 0 Å². The van der Waals surface area contributed by atoms with Gasteiger partial charge >= 0.3 is 0 Å². The molecule has 1 aliphatic rings. The van der Waals surface area contributed by atoms with E-state index < -0.39 is 0 Å². The van der Waals surface area contributed by atoms with Crippen molar-refractivity contribution >= 4 is 29.9 Å². The first-order valence-corrected chi connectivity index (χ1v) is 6.87. The average Bonchev–Trinajstić information content (AvgIpc) is 2.38. The summed E-state index contributed by atoms with van der Waals surface area (Å²) >= 11 is 0. The van der Waals surface area contributed by atoms with Crippen molar-refractivity contribution in [1.29, 1.82) is 0 Å². The molecule has 1 fully saturated rings. The van der Waals surface area contributed by atoms with Crippen LogP contribution in [0.25, 0.3) is 0 Å². The van der Waals surface area contributed by atoms with Crippen LogP contribution in [0.1, 0.15) is 13.8 Å². The largest absolute Gasteiger partial charge is 0.374 e. The van der Waals surface area contributed by atoms with E-state index in [0.29, 0.717) is 12.5 Å². The predicted molar refractivity (Wildman–Crippen MR) is 94.6 cm³/mol. The maximum absolute atomic E-state index is 5.76. The maximum Gasteiger partial charge on any atom is 0.191 e. The molecule has 1 saturated heterocycles. The first-order chi connectivity index (χ1) is 9.15. The van der Waals surface area contributed by atoms with Crippen LogP contribution in [0.5, 0.6) is 0 Å². The van der Waals surface area contributed by atoms with Gasteiger partial charge in [0, 0.05) is 33.2 Å². The molecule has 5 nitrogen and oxygen atoms in total. The number of hydrogen-bond acceptors (Lipinski definition) is 3. The molecule has 0 spiro atoms. The van der Waals surface area contributed by atoms with Crippen molar-refractivity contribution in [1.82, 2.24) is 15.5 Å². The van der Waals surface area contributed by atoms with Gasteiger partial charge in [0.15, 0.2) is 5.96 Å². The van der Waals surface area contributed by atoms with Gasteiger partial charge in [-0.05, 0) is 5.92 Å². The quantitative estimate of drug-likeness (QED) is 0.313. The van der Waals surface area contributed by atoms with Gasteiger partial charge in [0.05, 0.1) is 19.3 Å². The molecule has 0 amide bonds. The van der Waals surface area contributed by atoms with Crippen molar-refractivity contribution in [2.45, 2.75) is 20.0 Å². The molecule has 2 N–H and O–H groups in total. The van der Waals surface area contributed by atoms with E-state index in [1.54, 1.807) is 7.05 Å². The molecule has 1 aliphatic heterocycles. The van der Waals surface area contributed by atoms with Crippen molar-refractivity contribution in [3.8, 4) is 12.3 Å². The molecule has 0 radical (unpaired) electrons. The smallest absolute Gasteiger partial charge is 0.191 e. The highest BCUT2D eigenvalue weighted by Gasteiger charge is 2.20. The molecule has 0 aliphatic carbocycles. The Labute approximate surface area is 139 Å². The van der Waals surface area contributed by atoms with E-state index in [-0.39, 0.29) is 30.1 Å². The zero-order valence-electron chi connectivity index (χ0n) is 12.7. The van der Waals surface area contributed by atoms with Crippen molar-refractivity contribution in [2.75, 3.05) is 46.4 Å². The molecule has 1 unspecified atom stereocenters. The van der Waals surface area contributed by atoms with Gasteiger partial charge in [-0.25, -0.2) is 0 Å². The molecule has 0 saturated carbocycles. The van der Waals surface area contributed by atoms with Crippen LogP contribution in [0.15, 0.2) is 4.99 Å². The van der Waals surface area contributed by atoms with Gasteiger partial charge in [-0.3, -0.25) is 9.89 Å². The zero-order chi connectivity index (χ0) is 14.1. The van der Waals surface area contributed by atoms with Crippen LogP contribution in [0, 0.1) is 18.3 Å². The Morgan fingerprint density at radius 3 is 2.85 bits per heavy atom. The molecular formula is C14H27IN4O. The van der Waals surface area contributed by atoms with E-state index >= 15 is 0 Å². The molecule has 1 heterocycles. The number of nitrogens with zero attached hydrogens (tertiary/aromatic N) is 2. The maximum atomic E-state index is 5.76. The van der Waals surface area contributed by atoms with Gasteiger partial charge < -0.3 is 15.4 Å². The van der Waals surface area contributed by atoms with Crippen LogP contribution >= 0.6 is 24.0 Å². The third-order valence-electron chi connectivity index (χ3n) is 2.92. The van der Waals surface area contributed by atoms with E-state index in [1.165, 1.54) is 0 Å². The molecule has 1 rings (SSSR count). The van der Waals surface area contributed by atoms with Crippen LogP contribution in [0.2, 0.25) is 0 Å². The van der Waals surface area contributed by atoms with E-state index in [4.69, 9.17) is 11.2 Å². The fourth-order valence-electron chi connectivity index (χ4n) is 2.15. The number of terminal acetylenes is 1. The molecule has 0 bridgehead atoms. The molecular weight excluding hydrogens is 367 g/mol. The molecule has 0 aromatic rings. The van der Waals surface area contributed by atoms with Crippen molar-refractivity contribution < 1.29 is 4.74 Å². The number of nitrogens with one attached hydrogen (secondary N) is 2. The normalized spacial score (nSPS) is 20.1. The Bertz CT molecular complexity index is 328. The fraction of sp³-hybridized carbons (Fsp3) is 0.786. The Kier molecular flexibility index (Phi) is 10.9. The first-order valence-electron chi connectivity index (χ1n) is 6.87. The highest BCUT2D eigenvalue weighted by molar-refractivity contribution is 14.0. The van der Waals surface area contributed by atoms with Gasteiger partial charge in [-0.2, -0.15) is 0 Å². The highest BCUT2D eigenvalue weighted by atomic mass is 127. The molecule has 1 atom stereocenters. The lowest BCUT2D eigenvalue weighted by Gasteiger charge is -2.34. The Balaban J connectivity index is 0.00000361. The Morgan fingerprint density at radius 2 is 2.25 bits per heavy atom. The molecule has 6 heteroatoms. The van der Waals surface area contributed by atoms with Crippen molar-refractivity contribution in [2.24, 2.45) is 10.9 Å². The van der Waals surface area contributed by atoms with Crippen molar-refractivity contribution in [3.63, 3.8) is 0 Å². The number of guanidine groups is 1. The molecule has 116 valence electrons. The van der Waals surface area contributed by atoms with Gasteiger partial charge in [0.2, 0.25) is 0 Å². The zero-order valence-corrected chi connectivity index (χ0v) is 15.0. The SMILES string of the molecule is C#CCNC(=NC)NCC1CN(CC(C)C)CCO1.I. The van der Waals surface area contributed by atoms with Crippen LogP contribution < -0.4 is 10.6 Å². The second-order valence-corrected chi connectivity index (χ2v) is 5.16. The summed E-state index contributed by atoms with van der Waals surface area (Å²) in [5, 5.41) is 6.28. The highest BCUT2D eigenvalue weighted by Crippen LogP contribution is 2.07. The Hall–Kier alpha value is -0.520. The predicted octanol–water partition coefficient (Wildman–Crippen LogP) is 0.759. The van der Waals surface area contributed by atoms with Gasteiger partial charge in [-0.1, -0.05) is 19.8 Å². The lowest BCUT2D eigenvalue weighted by atomic mass is 10.2. The first kappa shape index (κ1) is 19.5. The number of halogens is 1. The Morgan fingerprint density at radius 1 is 1.50 bits per heavy atom. The number of morpholine rings is 1. The summed E-state index contributed by atoms with van der Waals surface area (Å²) in [5.74, 6) is 3.94. The summed E-state index contributed by atoms with van der Waals surface area (Å²) in [6.07, 6.45) is 5.41. The second kappa shape index (κ2) is 11.2. The number of ether oxygens (including phenoxy) is 1. The van der Waals surface area contributed by atoms with Gasteiger partial charge in [-0.15, -0.1) is 30.4 Å². The standard InChI is InChI=1S/C14H26N4O.HI/c1-5-6-16-14(15-4)17-9-13-11-18(7-8-19-13)10-12(2)3;/h1,12-13H,6-11H2,2-4H3,(H2,15,16,17);1H. The molecule has 20 heavy (non-hydrogen) atoms.